The zero-order valence-corrected chi connectivity index (χ0v) is 13.7. The SMILES string of the molecule is CCCC12CCC(c3ccc(OCC)c(F)c3F)(CC1)CC2. The molecule has 1 nitrogen and oxygen atoms in total. The largest absolute Gasteiger partial charge is 0.491 e. The Morgan fingerprint density at radius 2 is 1.59 bits per heavy atom. The van der Waals surface area contributed by atoms with E-state index in [-0.39, 0.29) is 11.2 Å². The van der Waals surface area contributed by atoms with E-state index in [1.807, 2.05) is 0 Å². The zero-order valence-electron chi connectivity index (χ0n) is 13.7. The minimum absolute atomic E-state index is 0.0344. The molecule has 0 N–H and O–H groups in total. The van der Waals surface area contributed by atoms with Crippen molar-refractivity contribution in [3.05, 3.63) is 29.3 Å². The van der Waals surface area contributed by atoms with Crippen molar-refractivity contribution in [3.8, 4) is 5.75 Å². The maximum atomic E-state index is 14.6. The van der Waals surface area contributed by atoms with Crippen molar-refractivity contribution >= 4 is 0 Å². The van der Waals surface area contributed by atoms with Crippen LogP contribution in [0.3, 0.4) is 0 Å². The maximum Gasteiger partial charge on any atom is 0.200 e. The van der Waals surface area contributed by atoms with E-state index in [0.717, 1.165) is 38.5 Å². The van der Waals surface area contributed by atoms with Gasteiger partial charge in [0.2, 0.25) is 5.82 Å². The average Bonchev–Trinajstić information content (AvgIpc) is 2.54. The fourth-order valence-corrected chi connectivity index (χ4v) is 4.78. The number of halogens is 2. The van der Waals surface area contributed by atoms with Crippen LogP contribution in [0.15, 0.2) is 12.1 Å². The summed E-state index contributed by atoms with van der Waals surface area (Å²) in [5.74, 6) is -1.47. The highest BCUT2D eigenvalue weighted by Crippen LogP contribution is 2.59. The van der Waals surface area contributed by atoms with Crippen LogP contribution in [0.4, 0.5) is 8.78 Å². The van der Waals surface area contributed by atoms with Crippen molar-refractivity contribution in [3.63, 3.8) is 0 Å². The van der Waals surface area contributed by atoms with Gasteiger partial charge in [-0.25, -0.2) is 4.39 Å². The minimum Gasteiger partial charge on any atom is -0.491 e. The second kappa shape index (κ2) is 5.82. The lowest BCUT2D eigenvalue weighted by molar-refractivity contribution is 0.0300. The number of rotatable bonds is 5. The van der Waals surface area contributed by atoms with E-state index < -0.39 is 11.6 Å². The average molecular weight is 308 g/mol. The Morgan fingerprint density at radius 3 is 2.14 bits per heavy atom. The van der Waals surface area contributed by atoms with Gasteiger partial charge in [-0.05, 0) is 74.3 Å². The Kier molecular flexibility index (Phi) is 4.17. The predicted octanol–water partition coefficient (Wildman–Crippen LogP) is 5.76. The first-order chi connectivity index (χ1) is 10.6. The molecule has 3 saturated carbocycles. The number of benzene rings is 1. The molecule has 22 heavy (non-hydrogen) atoms. The monoisotopic (exact) mass is 308 g/mol. The molecule has 0 heterocycles. The highest BCUT2D eigenvalue weighted by Gasteiger charge is 2.49. The first-order valence-corrected chi connectivity index (χ1v) is 8.67. The van der Waals surface area contributed by atoms with E-state index in [9.17, 15) is 8.78 Å². The highest BCUT2D eigenvalue weighted by atomic mass is 19.2. The summed E-state index contributed by atoms with van der Waals surface area (Å²) >= 11 is 0. The standard InChI is InChI=1S/C19H26F2O/c1-3-7-18-8-11-19(12-9-18,13-10-18)14-5-6-15(22-4-2)17(21)16(14)20/h5-6H,3-4,7-13H2,1-2H3. The van der Waals surface area contributed by atoms with E-state index in [2.05, 4.69) is 6.92 Å². The molecular formula is C19H26F2O. The molecule has 0 aromatic heterocycles. The van der Waals surface area contributed by atoms with Crippen molar-refractivity contribution in [1.29, 1.82) is 0 Å². The molecule has 0 aliphatic heterocycles. The first kappa shape index (κ1) is 15.8. The predicted molar refractivity (Wildman–Crippen MR) is 84.2 cm³/mol. The van der Waals surface area contributed by atoms with Gasteiger partial charge >= 0.3 is 0 Å². The molecule has 1 aromatic rings. The van der Waals surface area contributed by atoms with Crippen molar-refractivity contribution in [2.75, 3.05) is 6.61 Å². The third-order valence-corrected chi connectivity index (χ3v) is 6.10. The van der Waals surface area contributed by atoms with Gasteiger partial charge in [0.1, 0.15) is 0 Å². The zero-order chi connectivity index (χ0) is 15.8. The lowest BCUT2D eigenvalue weighted by Crippen LogP contribution is -2.44. The number of hydrogen-bond acceptors (Lipinski definition) is 1. The van der Waals surface area contributed by atoms with Gasteiger partial charge in [-0.15, -0.1) is 0 Å². The lowest BCUT2D eigenvalue weighted by atomic mass is 9.51. The highest BCUT2D eigenvalue weighted by molar-refractivity contribution is 5.37. The molecule has 0 saturated heterocycles. The second-order valence-electron chi connectivity index (χ2n) is 7.20. The van der Waals surface area contributed by atoms with E-state index in [1.54, 1.807) is 19.1 Å². The van der Waals surface area contributed by atoms with Crippen molar-refractivity contribution < 1.29 is 13.5 Å². The normalized spacial score (nSPS) is 30.5. The van der Waals surface area contributed by atoms with Crippen molar-refractivity contribution in [2.45, 2.75) is 70.6 Å². The van der Waals surface area contributed by atoms with Gasteiger partial charge in [-0.2, -0.15) is 4.39 Å². The summed E-state index contributed by atoms with van der Waals surface area (Å²) in [4.78, 5) is 0. The van der Waals surface area contributed by atoms with Gasteiger partial charge in [-0.3, -0.25) is 0 Å². The molecule has 0 spiro atoms. The van der Waals surface area contributed by atoms with E-state index in [0.29, 0.717) is 17.6 Å². The van der Waals surface area contributed by atoms with Gasteiger partial charge in [0.05, 0.1) is 6.61 Å². The number of fused-ring (bicyclic) bond motifs is 3. The fourth-order valence-electron chi connectivity index (χ4n) is 4.78. The Labute approximate surface area is 132 Å². The van der Waals surface area contributed by atoms with Gasteiger partial charge < -0.3 is 4.74 Å². The molecule has 0 radical (unpaired) electrons. The van der Waals surface area contributed by atoms with Crippen LogP contribution in [0.25, 0.3) is 0 Å². The molecule has 3 aliphatic carbocycles. The Morgan fingerprint density at radius 1 is 0.955 bits per heavy atom. The Bertz CT molecular complexity index is 528. The summed E-state index contributed by atoms with van der Waals surface area (Å²) in [5.41, 5.74) is 0.917. The summed E-state index contributed by atoms with van der Waals surface area (Å²) in [5, 5.41) is 0. The van der Waals surface area contributed by atoms with Crippen molar-refractivity contribution in [2.24, 2.45) is 5.41 Å². The summed E-state index contributed by atoms with van der Waals surface area (Å²) in [7, 11) is 0. The van der Waals surface area contributed by atoms with Gasteiger partial charge in [0, 0.05) is 0 Å². The second-order valence-corrected chi connectivity index (χ2v) is 7.20. The lowest BCUT2D eigenvalue weighted by Gasteiger charge is -2.54. The smallest absolute Gasteiger partial charge is 0.200 e. The van der Waals surface area contributed by atoms with Crippen LogP contribution in [0.5, 0.6) is 5.75 Å². The third-order valence-electron chi connectivity index (χ3n) is 6.10. The molecule has 1 aromatic carbocycles. The first-order valence-electron chi connectivity index (χ1n) is 8.67. The van der Waals surface area contributed by atoms with Gasteiger partial charge in [0.25, 0.3) is 0 Å². The van der Waals surface area contributed by atoms with Crippen LogP contribution >= 0.6 is 0 Å². The molecule has 0 unspecified atom stereocenters. The topological polar surface area (TPSA) is 9.23 Å². The van der Waals surface area contributed by atoms with E-state index in [1.165, 1.54) is 12.8 Å². The minimum atomic E-state index is -0.815. The molecule has 4 rings (SSSR count). The van der Waals surface area contributed by atoms with Crippen LogP contribution in [0, 0.1) is 17.0 Å². The van der Waals surface area contributed by atoms with Gasteiger partial charge in [-0.1, -0.05) is 19.4 Å². The quantitative estimate of drug-likeness (QED) is 0.672. The Hall–Kier alpha value is -1.12. The fraction of sp³-hybridized carbons (Fsp3) is 0.684. The van der Waals surface area contributed by atoms with Gasteiger partial charge in [0.15, 0.2) is 11.6 Å². The summed E-state index contributed by atoms with van der Waals surface area (Å²) in [6.45, 7) is 4.37. The molecule has 3 fully saturated rings. The number of ether oxygens (including phenoxy) is 1. The van der Waals surface area contributed by atoms with Crippen molar-refractivity contribution in [1.82, 2.24) is 0 Å². The summed E-state index contributed by atoms with van der Waals surface area (Å²) < 4.78 is 34.0. The molecule has 122 valence electrons. The van der Waals surface area contributed by atoms with E-state index in [4.69, 9.17) is 4.74 Å². The molecule has 0 amide bonds. The summed E-state index contributed by atoms with van der Waals surface area (Å²) in [6.07, 6.45) is 8.98. The molecule has 2 bridgehead atoms. The van der Waals surface area contributed by atoms with Crippen LogP contribution in [-0.4, -0.2) is 6.61 Å². The van der Waals surface area contributed by atoms with E-state index >= 15 is 0 Å². The molecule has 0 atom stereocenters. The molecular weight excluding hydrogens is 282 g/mol. The third kappa shape index (κ3) is 2.43. The Balaban J connectivity index is 1.88. The summed E-state index contributed by atoms with van der Waals surface area (Å²) in [6, 6.07) is 3.37. The molecule has 3 aliphatic rings. The van der Waals surface area contributed by atoms with Crippen LogP contribution in [-0.2, 0) is 5.41 Å². The van der Waals surface area contributed by atoms with Crippen LogP contribution in [0.2, 0.25) is 0 Å². The van der Waals surface area contributed by atoms with Crippen LogP contribution in [0.1, 0.15) is 70.8 Å². The van der Waals surface area contributed by atoms with Crippen LogP contribution < -0.4 is 4.74 Å². The number of hydrogen-bond donors (Lipinski definition) is 0. The maximum absolute atomic E-state index is 14.6. The molecule has 3 heteroatoms.